The van der Waals surface area contributed by atoms with E-state index in [9.17, 15) is 9.59 Å². The van der Waals surface area contributed by atoms with Crippen LogP contribution in [-0.4, -0.2) is 25.0 Å². The minimum atomic E-state index is -0.365. The van der Waals surface area contributed by atoms with Crippen LogP contribution in [0, 0.1) is 17.3 Å². The molecule has 0 atom stereocenters. The van der Waals surface area contributed by atoms with E-state index in [1.807, 2.05) is 6.92 Å². The number of hydrogen-bond donors (Lipinski definition) is 1. The van der Waals surface area contributed by atoms with Crippen LogP contribution in [-0.2, 0) is 14.3 Å². The summed E-state index contributed by atoms with van der Waals surface area (Å²) in [5.41, 5.74) is -0.322. The van der Waals surface area contributed by atoms with Crippen LogP contribution in [0.2, 0.25) is 0 Å². The lowest BCUT2D eigenvalue weighted by molar-refractivity contribution is -0.145. The van der Waals surface area contributed by atoms with E-state index in [4.69, 9.17) is 4.74 Å². The summed E-state index contributed by atoms with van der Waals surface area (Å²) in [5.74, 6) is 1.04. The molecule has 0 heterocycles. The molecule has 0 unspecified atom stereocenters. The fraction of sp³-hybridized carbons (Fsp3) is 0.867. The van der Waals surface area contributed by atoms with Gasteiger partial charge >= 0.3 is 5.97 Å². The summed E-state index contributed by atoms with van der Waals surface area (Å²) in [5, 5.41) is 2.71. The van der Waals surface area contributed by atoms with Gasteiger partial charge in [0.15, 0.2) is 0 Å². The average molecular weight is 269 g/mol. The molecule has 0 saturated heterocycles. The molecule has 19 heavy (non-hydrogen) atoms. The first-order chi connectivity index (χ1) is 8.89. The van der Waals surface area contributed by atoms with Crippen molar-refractivity contribution in [2.75, 3.05) is 13.2 Å². The van der Waals surface area contributed by atoms with Crippen LogP contribution in [0.3, 0.4) is 0 Å². The van der Waals surface area contributed by atoms with Gasteiger partial charge in [0, 0.05) is 5.41 Å². The molecule has 0 aromatic carbocycles. The number of carbonyl (C=O) groups is 2. The number of amides is 1. The van der Waals surface area contributed by atoms with E-state index in [0.29, 0.717) is 12.5 Å². The van der Waals surface area contributed by atoms with Gasteiger partial charge in [0.2, 0.25) is 5.91 Å². The Hall–Kier alpha value is -1.06. The molecule has 1 fully saturated rings. The lowest BCUT2D eigenvalue weighted by Crippen LogP contribution is -2.43. The van der Waals surface area contributed by atoms with Crippen molar-refractivity contribution >= 4 is 11.9 Å². The van der Waals surface area contributed by atoms with Crippen molar-refractivity contribution in [3.05, 3.63) is 0 Å². The van der Waals surface area contributed by atoms with Crippen LogP contribution in [0.15, 0.2) is 0 Å². The van der Waals surface area contributed by atoms with Crippen molar-refractivity contribution in [1.82, 2.24) is 5.32 Å². The van der Waals surface area contributed by atoms with Gasteiger partial charge < -0.3 is 10.1 Å². The second kappa shape index (κ2) is 6.92. The minimum absolute atomic E-state index is 0.0113. The van der Waals surface area contributed by atoms with Crippen LogP contribution < -0.4 is 5.32 Å². The maximum absolute atomic E-state index is 12.2. The Balaban J connectivity index is 2.42. The summed E-state index contributed by atoms with van der Waals surface area (Å²) in [7, 11) is 0. The number of rotatable bonds is 5. The van der Waals surface area contributed by atoms with Gasteiger partial charge in [0.05, 0.1) is 6.61 Å². The molecule has 0 aromatic heterocycles. The molecule has 0 spiro atoms. The van der Waals surface area contributed by atoms with Gasteiger partial charge in [-0.1, -0.05) is 20.8 Å². The highest BCUT2D eigenvalue weighted by molar-refractivity contribution is 5.86. The molecule has 0 bridgehead atoms. The highest BCUT2D eigenvalue weighted by Gasteiger charge is 2.38. The van der Waals surface area contributed by atoms with Crippen LogP contribution in [0.1, 0.15) is 53.4 Å². The fourth-order valence-corrected chi connectivity index (χ4v) is 2.75. The predicted octanol–water partition coefficient (Wildman–Crippen LogP) is 2.52. The second-order valence-electron chi connectivity index (χ2n) is 6.13. The van der Waals surface area contributed by atoms with Crippen molar-refractivity contribution in [1.29, 1.82) is 0 Å². The molecule has 1 N–H and O–H groups in total. The molecule has 1 aliphatic rings. The van der Waals surface area contributed by atoms with E-state index in [1.54, 1.807) is 6.92 Å². The molecule has 1 amide bonds. The summed E-state index contributed by atoms with van der Waals surface area (Å²) in [6, 6.07) is 0. The number of carbonyl (C=O) groups excluding carboxylic acids is 2. The van der Waals surface area contributed by atoms with E-state index in [1.165, 1.54) is 0 Å². The van der Waals surface area contributed by atoms with Crippen LogP contribution in [0.4, 0.5) is 0 Å². The van der Waals surface area contributed by atoms with Gasteiger partial charge in [-0.15, -0.1) is 0 Å². The van der Waals surface area contributed by atoms with Gasteiger partial charge in [-0.25, -0.2) is 0 Å². The van der Waals surface area contributed by atoms with E-state index in [2.05, 4.69) is 19.2 Å². The van der Waals surface area contributed by atoms with Crippen molar-refractivity contribution < 1.29 is 14.3 Å². The van der Waals surface area contributed by atoms with E-state index in [0.717, 1.165) is 31.6 Å². The van der Waals surface area contributed by atoms with Crippen LogP contribution in [0.5, 0.6) is 0 Å². The zero-order chi connectivity index (χ0) is 14.5. The summed E-state index contributed by atoms with van der Waals surface area (Å²) >= 11 is 0. The molecular weight excluding hydrogens is 242 g/mol. The Morgan fingerprint density at radius 1 is 1.32 bits per heavy atom. The molecule has 4 nitrogen and oxygen atoms in total. The maximum Gasteiger partial charge on any atom is 0.325 e. The largest absolute Gasteiger partial charge is 0.465 e. The molecule has 1 aliphatic carbocycles. The number of hydrogen-bond acceptors (Lipinski definition) is 3. The van der Waals surface area contributed by atoms with Crippen LogP contribution in [0.25, 0.3) is 0 Å². The molecule has 0 aliphatic heterocycles. The predicted molar refractivity (Wildman–Crippen MR) is 74.5 cm³/mol. The highest BCUT2D eigenvalue weighted by atomic mass is 16.5. The molecule has 110 valence electrons. The number of nitrogens with one attached hydrogen (secondary N) is 1. The minimum Gasteiger partial charge on any atom is -0.465 e. The number of ether oxygens (including phenoxy) is 1. The zero-order valence-corrected chi connectivity index (χ0v) is 12.6. The third-order valence-electron chi connectivity index (χ3n) is 4.32. The Bertz CT molecular complexity index is 317. The van der Waals surface area contributed by atoms with Gasteiger partial charge in [-0.3, -0.25) is 9.59 Å². The monoisotopic (exact) mass is 269 g/mol. The Kier molecular flexibility index (Phi) is 5.83. The first-order valence-electron chi connectivity index (χ1n) is 7.33. The standard InChI is InChI=1S/C15H27NO3/c1-5-19-13(17)10-16-14(18)15(4)8-6-12(7-9-15)11(2)3/h11-12H,5-10H2,1-4H3,(H,16,18). The van der Waals surface area contributed by atoms with Crippen LogP contribution >= 0.6 is 0 Å². The van der Waals surface area contributed by atoms with Crippen molar-refractivity contribution in [2.24, 2.45) is 17.3 Å². The topological polar surface area (TPSA) is 55.4 Å². The van der Waals surface area contributed by atoms with Crippen molar-refractivity contribution in [2.45, 2.75) is 53.4 Å². The summed E-state index contributed by atoms with van der Waals surface area (Å²) in [6.45, 7) is 8.58. The maximum atomic E-state index is 12.2. The molecule has 1 saturated carbocycles. The SMILES string of the molecule is CCOC(=O)CNC(=O)C1(C)CCC(C(C)C)CC1. The Morgan fingerprint density at radius 3 is 2.37 bits per heavy atom. The van der Waals surface area contributed by atoms with Crippen molar-refractivity contribution in [3.63, 3.8) is 0 Å². The van der Waals surface area contributed by atoms with Crippen molar-refractivity contribution in [3.8, 4) is 0 Å². The quantitative estimate of drug-likeness (QED) is 0.780. The fourth-order valence-electron chi connectivity index (χ4n) is 2.75. The lowest BCUT2D eigenvalue weighted by Gasteiger charge is -2.37. The number of esters is 1. The first-order valence-corrected chi connectivity index (χ1v) is 7.33. The molecule has 4 heteroatoms. The zero-order valence-electron chi connectivity index (χ0n) is 12.6. The summed E-state index contributed by atoms with van der Waals surface area (Å²) in [6.07, 6.45) is 4.01. The molecule has 0 aromatic rings. The Morgan fingerprint density at radius 2 is 1.89 bits per heavy atom. The lowest BCUT2D eigenvalue weighted by atomic mass is 9.68. The smallest absolute Gasteiger partial charge is 0.325 e. The normalized spacial score (nSPS) is 27.1. The summed E-state index contributed by atoms with van der Waals surface area (Å²) < 4.78 is 4.81. The molecule has 0 radical (unpaired) electrons. The van der Waals surface area contributed by atoms with Gasteiger partial charge in [-0.05, 0) is 44.4 Å². The van der Waals surface area contributed by atoms with E-state index < -0.39 is 0 Å². The third-order valence-corrected chi connectivity index (χ3v) is 4.32. The Labute approximate surface area is 116 Å². The summed E-state index contributed by atoms with van der Waals surface area (Å²) in [4.78, 5) is 23.4. The second-order valence-corrected chi connectivity index (χ2v) is 6.13. The van der Waals surface area contributed by atoms with E-state index >= 15 is 0 Å². The van der Waals surface area contributed by atoms with Gasteiger partial charge in [0.1, 0.15) is 6.54 Å². The highest BCUT2D eigenvalue weighted by Crippen LogP contribution is 2.41. The molecule has 1 rings (SSSR count). The first kappa shape index (κ1) is 16.0. The van der Waals surface area contributed by atoms with Gasteiger partial charge in [-0.2, -0.15) is 0 Å². The molecular formula is C15H27NO3. The van der Waals surface area contributed by atoms with Gasteiger partial charge in [0.25, 0.3) is 0 Å². The third kappa shape index (κ3) is 4.51. The average Bonchev–Trinajstić information content (AvgIpc) is 2.36. The van der Waals surface area contributed by atoms with E-state index in [-0.39, 0.29) is 23.8 Å².